The molecule has 0 unspecified atom stereocenters. The Bertz CT molecular complexity index is 1120. The number of hydrogen-bond acceptors (Lipinski definition) is 3. The van der Waals surface area contributed by atoms with Crippen LogP contribution in [0.5, 0.6) is 5.75 Å². The number of H-pyrrole nitrogens is 1. The summed E-state index contributed by atoms with van der Waals surface area (Å²) in [5.74, 6) is 0.282. The molecule has 6 heteroatoms. The molecule has 0 spiro atoms. The van der Waals surface area contributed by atoms with Gasteiger partial charge in [-0.1, -0.05) is 30.3 Å². The van der Waals surface area contributed by atoms with Gasteiger partial charge < -0.3 is 14.6 Å². The second kappa shape index (κ2) is 5.86. The monoisotopic (exact) mass is 375 g/mol. The van der Waals surface area contributed by atoms with Gasteiger partial charge >= 0.3 is 6.03 Å². The lowest BCUT2D eigenvalue weighted by Crippen LogP contribution is -2.49. The first-order valence-electron chi connectivity index (χ1n) is 9.55. The molecule has 2 aliphatic heterocycles. The molecule has 3 aromatic rings. The predicted molar refractivity (Wildman–Crippen MR) is 107 cm³/mol. The maximum absolute atomic E-state index is 13.7. The van der Waals surface area contributed by atoms with E-state index >= 15 is 0 Å². The van der Waals surface area contributed by atoms with E-state index in [1.54, 1.807) is 17.0 Å². The molecular formula is C22H21N3O3. The minimum absolute atomic E-state index is 0.253. The molecule has 0 radical (unpaired) electrons. The highest BCUT2D eigenvalue weighted by Crippen LogP contribution is 2.46. The molecule has 3 heterocycles. The number of benzene rings is 2. The van der Waals surface area contributed by atoms with E-state index < -0.39 is 5.54 Å². The second-order valence-electron chi connectivity index (χ2n) is 7.32. The Morgan fingerprint density at radius 1 is 1.11 bits per heavy atom. The Kier molecular flexibility index (Phi) is 3.53. The lowest BCUT2D eigenvalue weighted by Gasteiger charge is -2.35. The van der Waals surface area contributed by atoms with Gasteiger partial charge in [0.1, 0.15) is 5.75 Å². The number of urea groups is 1. The molecule has 1 N–H and O–H groups in total. The number of rotatable bonds is 3. The SMILES string of the molecule is CCOc1ccccc1N1C(=O)N2CCc3c([nH]c4ccccc34)[C@@]2(C)C1=O. The van der Waals surface area contributed by atoms with E-state index in [2.05, 4.69) is 11.1 Å². The summed E-state index contributed by atoms with van der Waals surface area (Å²) in [4.78, 5) is 33.3. The Labute approximate surface area is 162 Å². The lowest BCUT2D eigenvalue weighted by molar-refractivity contribution is -0.125. The summed E-state index contributed by atoms with van der Waals surface area (Å²) in [6, 6.07) is 14.9. The number of hydrogen-bond donors (Lipinski definition) is 1. The maximum atomic E-state index is 13.7. The number of nitrogens with zero attached hydrogens (tertiary/aromatic N) is 2. The molecule has 2 aliphatic rings. The van der Waals surface area contributed by atoms with Crippen LogP contribution in [-0.4, -0.2) is 35.0 Å². The van der Waals surface area contributed by atoms with E-state index in [0.717, 1.165) is 28.6 Å². The van der Waals surface area contributed by atoms with Crippen molar-refractivity contribution in [2.45, 2.75) is 25.8 Å². The number of carbonyl (C=O) groups excluding carboxylic acids is 2. The van der Waals surface area contributed by atoms with Crippen molar-refractivity contribution in [3.8, 4) is 5.75 Å². The molecule has 0 bridgehead atoms. The Hall–Kier alpha value is -3.28. The number of aromatic nitrogens is 1. The number of carbonyl (C=O) groups is 2. The molecule has 1 aromatic heterocycles. The summed E-state index contributed by atoms with van der Waals surface area (Å²) in [5.41, 5.74) is 2.37. The van der Waals surface area contributed by atoms with Gasteiger partial charge in [0, 0.05) is 17.4 Å². The first-order chi connectivity index (χ1) is 13.6. The number of imide groups is 1. The number of nitrogens with one attached hydrogen (secondary N) is 1. The van der Waals surface area contributed by atoms with Crippen LogP contribution in [0.3, 0.4) is 0 Å². The summed E-state index contributed by atoms with van der Waals surface area (Å²) >= 11 is 0. The Morgan fingerprint density at radius 3 is 2.68 bits per heavy atom. The fourth-order valence-corrected chi connectivity index (χ4v) is 4.52. The molecule has 142 valence electrons. The van der Waals surface area contributed by atoms with Crippen LogP contribution in [0.25, 0.3) is 10.9 Å². The maximum Gasteiger partial charge on any atom is 0.332 e. The van der Waals surface area contributed by atoms with Gasteiger partial charge in [-0.2, -0.15) is 0 Å². The average molecular weight is 375 g/mol. The van der Waals surface area contributed by atoms with Crippen LogP contribution >= 0.6 is 0 Å². The normalized spacial score (nSPS) is 21.2. The van der Waals surface area contributed by atoms with Crippen LogP contribution in [0.1, 0.15) is 25.1 Å². The zero-order chi connectivity index (χ0) is 19.5. The number of para-hydroxylation sites is 3. The van der Waals surface area contributed by atoms with Gasteiger partial charge in [0.25, 0.3) is 5.91 Å². The Balaban J connectivity index is 1.68. The zero-order valence-electron chi connectivity index (χ0n) is 15.9. The van der Waals surface area contributed by atoms with Gasteiger partial charge in [-0.15, -0.1) is 0 Å². The molecule has 1 atom stereocenters. The summed E-state index contributed by atoms with van der Waals surface area (Å²) < 4.78 is 5.68. The zero-order valence-corrected chi connectivity index (χ0v) is 15.9. The van der Waals surface area contributed by atoms with Crippen LogP contribution < -0.4 is 9.64 Å². The van der Waals surface area contributed by atoms with Gasteiger partial charge in [0.15, 0.2) is 5.54 Å². The van der Waals surface area contributed by atoms with E-state index in [9.17, 15) is 9.59 Å². The highest BCUT2D eigenvalue weighted by Gasteiger charge is 2.59. The third-order valence-corrected chi connectivity index (χ3v) is 5.87. The van der Waals surface area contributed by atoms with E-state index in [0.29, 0.717) is 24.6 Å². The van der Waals surface area contributed by atoms with Crippen molar-refractivity contribution in [2.24, 2.45) is 0 Å². The molecule has 3 amide bonds. The molecule has 1 saturated heterocycles. The van der Waals surface area contributed by atoms with Crippen molar-refractivity contribution in [2.75, 3.05) is 18.1 Å². The van der Waals surface area contributed by atoms with Gasteiger partial charge in [-0.05, 0) is 44.0 Å². The standard InChI is InChI=1S/C22H21N3O3/c1-3-28-18-11-7-6-10-17(18)25-20(26)22(2)19-15(12-13-24(22)21(25)27)14-8-4-5-9-16(14)23-19/h4-11,23H,3,12-13H2,1-2H3/t22-/m0/s1. The summed E-state index contributed by atoms with van der Waals surface area (Å²) in [6.45, 7) is 4.68. The molecule has 0 saturated carbocycles. The third kappa shape index (κ3) is 2.03. The Morgan fingerprint density at radius 2 is 1.86 bits per heavy atom. The fraction of sp³-hybridized carbons (Fsp3) is 0.273. The summed E-state index contributed by atoms with van der Waals surface area (Å²) in [6.07, 6.45) is 0.717. The molecule has 28 heavy (non-hydrogen) atoms. The molecule has 2 aromatic carbocycles. The summed E-state index contributed by atoms with van der Waals surface area (Å²) in [7, 11) is 0. The van der Waals surface area contributed by atoms with Crippen molar-refractivity contribution >= 4 is 28.5 Å². The van der Waals surface area contributed by atoms with E-state index in [4.69, 9.17) is 4.74 Å². The van der Waals surface area contributed by atoms with E-state index in [1.807, 2.05) is 44.2 Å². The topological polar surface area (TPSA) is 65.6 Å². The van der Waals surface area contributed by atoms with Crippen molar-refractivity contribution in [3.05, 3.63) is 59.8 Å². The number of fused-ring (bicyclic) bond motifs is 5. The highest BCUT2D eigenvalue weighted by atomic mass is 16.5. The molecular weight excluding hydrogens is 354 g/mol. The second-order valence-corrected chi connectivity index (χ2v) is 7.32. The average Bonchev–Trinajstić information content (AvgIpc) is 3.18. The first-order valence-corrected chi connectivity index (χ1v) is 9.55. The largest absolute Gasteiger partial charge is 0.492 e. The smallest absolute Gasteiger partial charge is 0.332 e. The first kappa shape index (κ1) is 16.9. The highest BCUT2D eigenvalue weighted by molar-refractivity contribution is 6.24. The van der Waals surface area contributed by atoms with Crippen LogP contribution in [0, 0.1) is 0 Å². The molecule has 0 aliphatic carbocycles. The minimum Gasteiger partial charge on any atom is -0.492 e. The van der Waals surface area contributed by atoms with Gasteiger partial charge in [-0.25, -0.2) is 9.69 Å². The lowest BCUT2D eigenvalue weighted by atomic mass is 9.87. The third-order valence-electron chi connectivity index (χ3n) is 5.87. The van der Waals surface area contributed by atoms with Gasteiger partial charge in [-0.3, -0.25) is 4.79 Å². The van der Waals surface area contributed by atoms with Crippen molar-refractivity contribution in [1.82, 2.24) is 9.88 Å². The van der Waals surface area contributed by atoms with Crippen molar-refractivity contribution in [3.63, 3.8) is 0 Å². The quantitative estimate of drug-likeness (QED) is 0.708. The molecule has 6 nitrogen and oxygen atoms in total. The van der Waals surface area contributed by atoms with Crippen LogP contribution in [0.15, 0.2) is 48.5 Å². The number of aromatic amines is 1. The number of ether oxygens (including phenoxy) is 1. The summed E-state index contributed by atoms with van der Waals surface area (Å²) in [5, 5.41) is 1.12. The fourth-order valence-electron chi connectivity index (χ4n) is 4.52. The molecule has 5 rings (SSSR count). The van der Waals surface area contributed by atoms with Crippen molar-refractivity contribution < 1.29 is 14.3 Å². The minimum atomic E-state index is -1.05. The van der Waals surface area contributed by atoms with Crippen LogP contribution in [0.4, 0.5) is 10.5 Å². The van der Waals surface area contributed by atoms with Crippen LogP contribution in [-0.2, 0) is 16.8 Å². The van der Waals surface area contributed by atoms with E-state index in [1.165, 1.54) is 4.90 Å². The predicted octanol–water partition coefficient (Wildman–Crippen LogP) is 3.81. The number of anilines is 1. The van der Waals surface area contributed by atoms with Gasteiger partial charge in [0.2, 0.25) is 0 Å². The van der Waals surface area contributed by atoms with Gasteiger partial charge in [0.05, 0.1) is 18.0 Å². The number of amides is 3. The van der Waals surface area contributed by atoms with Crippen molar-refractivity contribution in [1.29, 1.82) is 0 Å². The van der Waals surface area contributed by atoms with E-state index in [-0.39, 0.29) is 11.9 Å². The molecule has 1 fully saturated rings. The van der Waals surface area contributed by atoms with Crippen LogP contribution in [0.2, 0.25) is 0 Å².